The van der Waals surface area contributed by atoms with Gasteiger partial charge in [0.15, 0.2) is 0 Å². The molecule has 0 aromatic carbocycles. The second-order valence-corrected chi connectivity index (χ2v) is 14.6. The number of rotatable bonds is 36. The largest absolute Gasteiger partial charge is 2.00 e. The Morgan fingerprint density at radius 2 is 0.529 bits per heavy atom. The van der Waals surface area contributed by atoms with Crippen molar-refractivity contribution in [3.63, 3.8) is 0 Å². The van der Waals surface area contributed by atoms with E-state index in [2.05, 4.69) is 13.8 Å². The molecule has 0 aromatic rings. The fraction of sp³-hybridized carbons (Fsp3) is 0.905. The first kappa shape index (κ1) is 54.5. The van der Waals surface area contributed by atoms with Crippen molar-refractivity contribution >= 4 is 61.5 Å². The summed E-state index contributed by atoms with van der Waals surface area (Å²) >= 11 is 0. The molecule has 296 valence electrons. The molecule has 51 heavy (non-hydrogen) atoms. The standard InChI is InChI=1S/2C21H41NO3.Ca/c2*1-3-4-5-6-7-8-9-10-11-12-13-14-15-16-17-18-20(23)22(2)19-21(24)25;/h2*3-19H2,1-2H3,(H,24,25);/q;;+2/p-2. The zero-order valence-electron chi connectivity index (χ0n) is 34.1. The molecule has 0 aromatic heterocycles. The minimum Gasteiger partial charge on any atom is -0.548 e. The Morgan fingerprint density at radius 3 is 0.706 bits per heavy atom. The van der Waals surface area contributed by atoms with E-state index in [4.69, 9.17) is 0 Å². The molecule has 0 unspecified atom stereocenters. The van der Waals surface area contributed by atoms with Crippen molar-refractivity contribution in [1.82, 2.24) is 9.80 Å². The Balaban J connectivity index is -0.000000886. The summed E-state index contributed by atoms with van der Waals surface area (Å²) in [5, 5.41) is 20.8. The van der Waals surface area contributed by atoms with Crippen LogP contribution in [-0.4, -0.2) is 98.5 Å². The number of aliphatic carboxylic acids is 2. The van der Waals surface area contributed by atoms with Gasteiger partial charge in [0.25, 0.3) is 0 Å². The molecule has 0 heterocycles. The van der Waals surface area contributed by atoms with Gasteiger partial charge in [-0.05, 0) is 12.8 Å². The van der Waals surface area contributed by atoms with E-state index >= 15 is 0 Å². The number of unbranched alkanes of at least 4 members (excludes halogenated alkanes) is 28. The van der Waals surface area contributed by atoms with E-state index in [1.54, 1.807) is 0 Å². The first-order valence-electron chi connectivity index (χ1n) is 21.0. The number of carboxylic acids is 2. The van der Waals surface area contributed by atoms with Gasteiger partial charge >= 0.3 is 37.7 Å². The van der Waals surface area contributed by atoms with Gasteiger partial charge in [0.2, 0.25) is 11.8 Å². The van der Waals surface area contributed by atoms with Gasteiger partial charge in [0, 0.05) is 26.9 Å². The maximum Gasteiger partial charge on any atom is 2.00 e. The van der Waals surface area contributed by atoms with Crippen LogP contribution in [-0.2, 0) is 19.2 Å². The molecule has 0 atom stereocenters. The fourth-order valence-electron chi connectivity index (χ4n) is 6.24. The summed E-state index contributed by atoms with van der Waals surface area (Å²) in [7, 11) is 3.03. The quantitative estimate of drug-likeness (QED) is 0.0468. The Morgan fingerprint density at radius 1 is 0.353 bits per heavy atom. The van der Waals surface area contributed by atoms with Gasteiger partial charge in [-0.15, -0.1) is 0 Å². The molecule has 0 radical (unpaired) electrons. The summed E-state index contributed by atoms with van der Waals surface area (Å²) < 4.78 is 0. The molecule has 0 aliphatic carbocycles. The minimum atomic E-state index is -1.20. The maximum atomic E-state index is 11.6. The number of likely N-dealkylation sites (N-methyl/N-ethyl adjacent to an activating group) is 2. The van der Waals surface area contributed by atoms with Crippen LogP contribution in [0.25, 0.3) is 0 Å². The molecule has 0 saturated heterocycles. The van der Waals surface area contributed by atoms with Crippen LogP contribution < -0.4 is 10.2 Å². The average molecular weight is 749 g/mol. The van der Waals surface area contributed by atoms with Crippen molar-refractivity contribution in [2.45, 2.75) is 219 Å². The summed E-state index contributed by atoms with van der Waals surface area (Å²) in [4.78, 5) is 46.6. The number of carbonyl (C=O) groups excluding carboxylic acids is 4. The molecule has 0 rings (SSSR count). The summed E-state index contributed by atoms with van der Waals surface area (Å²) in [6, 6.07) is 0. The molecule has 0 aliphatic rings. The molecule has 0 spiro atoms. The van der Waals surface area contributed by atoms with Crippen LogP contribution in [0, 0.1) is 0 Å². The summed E-state index contributed by atoms with van der Waals surface area (Å²) in [5.41, 5.74) is 0. The summed E-state index contributed by atoms with van der Waals surface area (Å²) in [6.45, 7) is 3.91. The van der Waals surface area contributed by atoms with Crippen LogP contribution in [0.4, 0.5) is 0 Å². The number of carboxylic acid groups (broad SMARTS) is 2. The van der Waals surface area contributed by atoms with E-state index in [0.29, 0.717) is 12.8 Å². The van der Waals surface area contributed by atoms with E-state index in [0.717, 1.165) is 25.7 Å². The predicted octanol–water partition coefficient (Wildman–Crippen LogP) is 8.53. The second kappa shape index (κ2) is 43.5. The van der Waals surface area contributed by atoms with Crippen molar-refractivity contribution < 1.29 is 29.4 Å². The van der Waals surface area contributed by atoms with Crippen molar-refractivity contribution in [1.29, 1.82) is 0 Å². The van der Waals surface area contributed by atoms with Crippen molar-refractivity contribution in [3.05, 3.63) is 0 Å². The molecule has 0 aliphatic heterocycles. The van der Waals surface area contributed by atoms with Crippen LogP contribution in [0.1, 0.15) is 219 Å². The predicted molar refractivity (Wildman–Crippen MR) is 210 cm³/mol. The van der Waals surface area contributed by atoms with Gasteiger partial charge in [-0.1, -0.05) is 194 Å². The van der Waals surface area contributed by atoms with Crippen molar-refractivity contribution in [2.75, 3.05) is 27.2 Å². The minimum absolute atomic E-state index is 0. The van der Waals surface area contributed by atoms with Gasteiger partial charge in [0.1, 0.15) is 0 Å². The van der Waals surface area contributed by atoms with Crippen LogP contribution in [0.15, 0.2) is 0 Å². The monoisotopic (exact) mass is 749 g/mol. The number of amides is 2. The van der Waals surface area contributed by atoms with Crippen molar-refractivity contribution in [3.8, 4) is 0 Å². The van der Waals surface area contributed by atoms with Gasteiger partial charge in [-0.3, -0.25) is 9.59 Å². The van der Waals surface area contributed by atoms with E-state index < -0.39 is 11.9 Å². The molecule has 2 amide bonds. The zero-order valence-corrected chi connectivity index (χ0v) is 36.3. The van der Waals surface area contributed by atoms with Crippen LogP contribution in [0.2, 0.25) is 0 Å². The molecular formula is C42H80CaN2O6. The fourth-order valence-corrected chi connectivity index (χ4v) is 6.24. The SMILES string of the molecule is CCCCCCCCCCCCCCCCCC(=O)N(C)CC(=O)[O-].CCCCCCCCCCCCCCCCCC(=O)N(C)CC(=O)[O-].[Ca+2]. The Bertz CT molecular complexity index is 733. The summed E-state index contributed by atoms with van der Waals surface area (Å²) in [5.74, 6) is -2.60. The third-order valence-electron chi connectivity index (χ3n) is 9.57. The average Bonchev–Trinajstić information content (AvgIpc) is 3.07. The number of nitrogens with zero attached hydrogens (tertiary/aromatic N) is 2. The normalized spacial score (nSPS) is 10.6. The van der Waals surface area contributed by atoms with Crippen LogP contribution >= 0.6 is 0 Å². The zero-order chi connectivity index (χ0) is 37.5. The van der Waals surface area contributed by atoms with Crippen LogP contribution in [0.5, 0.6) is 0 Å². The maximum absolute atomic E-state index is 11.6. The Labute approximate surface area is 345 Å². The molecule has 0 saturated carbocycles. The van der Waals surface area contributed by atoms with E-state index in [-0.39, 0.29) is 62.6 Å². The molecule has 8 nitrogen and oxygen atoms in total. The van der Waals surface area contributed by atoms with Crippen molar-refractivity contribution in [2.24, 2.45) is 0 Å². The van der Waals surface area contributed by atoms with E-state index in [1.807, 2.05) is 0 Å². The number of hydrogen-bond donors (Lipinski definition) is 0. The van der Waals surface area contributed by atoms with Gasteiger partial charge in [-0.2, -0.15) is 0 Å². The third-order valence-corrected chi connectivity index (χ3v) is 9.57. The molecule has 0 fully saturated rings. The van der Waals surface area contributed by atoms with Gasteiger partial charge < -0.3 is 29.6 Å². The number of hydrogen-bond acceptors (Lipinski definition) is 6. The molecule has 0 N–H and O–H groups in total. The topological polar surface area (TPSA) is 121 Å². The summed E-state index contributed by atoms with van der Waals surface area (Å²) in [6.07, 6.45) is 39.9. The Hall–Kier alpha value is -0.860. The van der Waals surface area contributed by atoms with Gasteiger partial charge in [-0.25, -0.2) is 0 Å². The molecule has 0 bridgehead atoms. The second-order valence-electron chi connectivity index (χ2n) is 14.6. The van der Waals surface area contributed by atoms with Gasteiger partial charge in [0.05, 0.1) is 25.0 Å². The molecular weight excluding hydrogens is 669 g/mol. The van der Waals surface area contributed by atoms with E-state index in [1.165, 1.54) is 191 Å². The van der Waals surface area contributed by atoms with E-state index in [9.17, 15) is 29.4 Å². The Kier molecular flexibility index (Phi) is 46.5. The van der Waals surface area contributed by atoms with Crippen LogP contribution in [0.3, 0.4) is 0 Å². The first-order valence-corrected chi connectivity index (χ1v) is 21.0. The first-order chi connectivity index (χ1) is 24.1. The number of carbonyl (C=O) groups is 4. The third kappa shape index (κ3) is 45.2. The smallest absolute Gasteiger partial charge is 0.548 e. The molecule has 9 heteroatoms.